The van der Waals surface area contributed by atoms with Gasteiger partial charge in [-0.25, -0.2) is 18.9 Å². The number of hydrogen-bond acceptors (Lipinski definition) is 2. The number of urea groups is 2. The summed E-state index contributed by atoms with van der Waals surface area (Å²) in [5.41, 5.74) is 0.198. The first-order valence-electron chi connectivity index (χ1n) is 5.20. The second kappa shape index (κ2) is 4.40. The zero-order chi connectivity index (χ0) is 12.4. The Labute approximate surface area is 97.8 Å². The summed E-state index contributed by atoms with van der Waals surface area (Å²) in [6, 6.07) is 5.01. The van der Waals surface area contributed by atoms with E-state index >= 15 is 0 Å². The lowest BCUT2D eigenvalue weighted by atomic mass is 10.3. The van der Waals surface area contributed by atoms with E-state index in [0.29, 0.717) is 6.54 Å². The first kappa shape index (κ1) is 11.4. The molecular weight excluding hydrogens is 225 g/mol. The van der Waals surface area contributed by atoms with Crippen molar-refractivity contribution in [3.63, 3.8) is 0 Å². The lowest BCUT2D eigenvalue weighted by molar-refractivity contribution is 0.202. The van der Waals surface area contributed by atoms with Gasteiger partial charge in [-0.05, 0) is 12.1 Å². The van der Waals surface area contributed by atoms with Crippen molar-refractivity contribution in [3.8, 4) is 0 Å². The number of carbonyl (C=O) groups is 2. The summed E-state index contributed by atoms with van der Waals surface area (Å²) in [5, 5.41) is 2.37. The van der Waals surface area contributed by atoms with Crippen LogP contribution in [0.15, 0.2) is 24.3 Å². The molecule has 1 N–H and O–H groups in total. The van der Waals surface area contributed by atoms with Crippen molar-refractivity contribution in [2.75, 3.05) is 25.0 Å². The van der Waals surface area contributed by atoms with Gasteiger partial charge in [0.25, 0.3) is 0 Å². The summed E-state index contributed by atoms with van der Waals surface area (Å²) in [6.07, 6.45) is 0. The highest BCUT2D eigenvalue weighted by molar-refractivity contribution is 6.04. The molecule has 1 saturated heterocycles. The van der Waals surface area contributed by atoms with Crippen LogP contribution in [0, 0.1) is 5.82 Å². The van der Waals surface area contributed by atoms with Crippen LogP contribution in [0.1, 0.15) is 0 Å². The van der Waals surface area contributed by atoms with E-state index < -0.39 is 17.9 Å². The number of carbonyl (C=O) groups excluding carboxylic acids is 2. The first-order chi connectivity index (χ1) is 8.15. The minimum Gasteiger partial charge on any atom is -0.341 e. The van der Waals surface area contributed by atoms with E-state index in [1.165, 1.54) is 24.1 Å². The Morgan fingerprint density at radius 1 is 1.35 bits per heavy atom. The molecule has 17 heavy (non-hydrogen) atoms. The standard InChI is InChI=1S/C11H12FN3O2/c1-13-10(16)15-7-6-14(11(15)17)9-5-3-2-4-8(9)12/h2-5H,6-7H2,1H3,(H,13,16). The number of para-hydroxylation sites is 1. The number of nitrogens with one attached hydrogen (secondary N) is 1. The maximum absolute atomic E-state index is 13.5. The van der Waals surface area contributed by atoms with Gasteiger partial charge in [-0.3, -0.25) is 4.90 Å². The molecule has 4 amide bonds. The summed E-state index contributed by atoms with van der Waals surface area (Å²) in [6.45, 7) is 0.556. The summed E-state index contributed by atoms with van der Waals surface area (Å²) in [4.78, 5) is 25.5. The normalized spacial score (nSPS) is 15.3. The zero-order valence-electron chi connectivity index (χ0n) is 9.31. The predicted molar refractivity (Wildman–Crippen MR) is 60.3 cm³/mol. The van der Waals surface area contributed by atoms with Crippen molar-refractivity contribution in [3.05, 3.63) is 30.1 Å². The van der Waals surface area contributed by atoms with Crippen molar-refractivity contribution in [1.82, 2.24) is 10.2 Å². The van der Waals surface area contributed by atoms with E-state index in [9.17, 15) is 14.0 Å². The van der Waals surface area contributed by atoms with Crippen LogP contribution in [0.2, 0.25) is 0 Å². The highest BCUT2D eigenvalue weighted by atomic mass is 19.1. The maximum atomic E-state index is 13.5. The van der Waals surface area contributed by atoms with Gasteiger partial charge < -0.3 is 5.32 Å². The van der Waals surface area contributed by atoms with Crippen LogP contribution in [0.25, 0.3) is 0 Å². The fraction of sp³-hybridized carbons (Fsp3) is 0.273. The van der Waals surface area contributed by atoms with Gasteiger partial charge >= 0.3 is 12.1 Å². The molecular formula is C11H12FN3O2. The van der Waals surface area contributed by atoms with Gasteiger partial charge in [-0.2, -0.15) is 0 Å². The Hall–Kier alpha value is -2.11. The van der Waals surface area contributed by atoms with Crippen molar-refractivity contribution < 1.29 is 14.0 Å². The molecule has 0 atom stereocenters. The second-order valence-corrected chi connectivity index (χ2v) is 3.59. The quantitative estimate of drug-likeness (QED) is 0.802. The zero-order valence-corrected chi connectivity index (χ0v) is 9.31. The lowest BCUT2D eigenvalue weighted by Crippen LogP contribution is -2.41. The highest BCUT2D eigenvalue weighted by Gasteiger charge is 2.34. The van der Waals surface area contributed by atoms with E-state index in [-0.39, 0.29) is 12.2 Å². The third-order valence-electron chi connectivity index (χ3n) is 2.61. The Morgan fingerprint density at radius 2 is 2.06 bits per heavy atom. The van der Waals surface area contributed by atoms with E-state index in [1.807, 2.05) is 0 Å². The average molecular weight is 237 g/mol. The van der Waals surface area contributed by atoms with Crippen molar-refractivity contribution in [2.45, 2.75) is 0 Å². The molecule has 1 aromatic rings. The van der Waals surface area contributed by atoms with Crippen LogP contribution >= 0.6 is 0 Å². The third-order valence-corrected chi connectivity index (χ3v) is 2.61. The van der Waals surface area contributed by atoms with Gasteiger partial charge in [0.2, 0.25) is 0 Å². The third kappa shape index (κ3) is 1.93. The first-order valence-corrected chi connectivity index (χ1v) is 5.20. The number of anilines is 1. The van der Waals surface area contributed by atoms with Crippen molar-refractivity contribution >= 4 is 17.7 Å². The summed E-state index contributed by atoms with van der Waals surface area (Å²) < 4.78 is 13.5. The van der Waals surface area contributed by atoms with Gasteiger partial charge in [0.05, 0.1) is 12.2 Å². The van der Waals surface area contributed by atoms with Crippen molar-refractivity contribution in [1.29, 1.82) is 0 Å². The van der Waals surface area contributed by atoms with Crippen LogP contribution in [0.3, 0.4) is 0 Å². The van der Waals surface area contributed by atoms with E-state index in [1.54, 1.807) is 12.1 Å². The summed E-state index contributed by atoms with van der Waals surface area (Å²) >= 11 is 0. The minimum atomic E-state index is -0.505. The molecule has 1 fully saturated rings. The second-order valence-electron chi connectivity index (χ2n) is 3.59. The Balaban J connectivity index is 2.24. The molecule has 2 rings (SSSR count). The molecule has 0 unspecified atom stereocenters. The van der Waals surface area contributed by atoms with Gasteiger partial charge in [0, 0.05) is 13.6 Å². The molecule has 0 aliphatic carbocycles. The fourth-order valence-corrected chi connectivity index (χ4v) is 1.75. The number of hydrogen-bond donors (Lipinski definition) is 1. The molecule has 1 aromatic carbocycles. The molecule has 1 aliphatic rings. The summed E-state index contributed by atoms with van der Waals surface area (Å²) in [7, 11) is 1.45. The Morgan fingerprint density at radius 3 is 2.71 bits per heavy atom. The molecule has 5 nitrogen and oxygen atoms in total. The summed E-state index contributed by atoms with van der Waals surface area (Å²) in [5.74, 6) is -0.473. The molecule has 1 heterocycles. The molecule has 0 spiro atoms. The van der Waals surface area contributed by atoms with Crippen LogP contribution < -0.4 is 10.2 Å². The number of nitrogens with zero attached hydrogens (tertiary/aromatic N) is 2. The molecule has 0 saturated carbocycles. The van der Waals surface area contributed by atoms with Gasteiger partial charge in [0.15, 0.2) is 0 Å². The van der Waals surface area contributed by atoms with Crippen LogP contribution in [0.4, 0.5) is 19.7 Å². The van der Waals surface area contributed by atoms with Gasteiger partial charge in [0.1, 0.15) is 5.82 Å². The topological polar surface area (TPSA) is 52.7 Å². The molecule has 0 bridgehead atoms. The molecule has 6 heteroatoms. The predicted octanol–water partition coefficient (Wildman–Crippen LogP) is 1.41. The SMILES string of the molecule is CNC(=O)N1CCN(c2ccccc2F)C1=O. The minimum absolute atomic E-state index is 0.198. The number of rotatable bonds is 1. The largest absolute Gasteiger partial charge is 0.341 e. The fourth-order valence-electron chi connectivity index (χ4n) is 1.75. The van der Waals surface area contributed by atoms with E-state index in [4.69, 9.17) is 0 Å². The average Bonchev–Trinajstić information content (AvgIpc) is 2.71. The molecule has 1 aliphatic heterocycles. The Kier molecular flexibility index (Phi) is 2.95. The van der Waals surface area contributed by atoms with Crippen LogP contribution in [-0.4, -0.2) is 37.1 Å². The smallest absolute Gasteiger partial charge is 0.332 e. The Bertz CT molecular complexity index is 464. The van der Waals surface area contributed by atoms with Crippen LogP contribution in [-0.2, 0) is 0 Å². The van der Waals surface area contributed by atoms with Gasteiger partial charge in [-0.1, -0.05) is 12.1 Å². The van der Waals surface area contributed by atoms with Gasteiger partial charge in [-0.15, -0.1) is 0 Å². The van der Waals surface area contributed by atoms with E-state index in [0.717, 1.165) is 4.90 Å². The lowest BCUT2D eigenvalue weighted by Gasteiger charge is -2.17. The number of amides is 4. The molecule has 0 aromatic heterocycles. The van der Waals surface area contributed by atoms with Crippen LogP contribution in [0.5, 0.6) is 0 Å². The highest BCUT2D eigenvalue weighted by Crippen LogP contribution is 2.23. The molecule has 90 valence electrons. The van der Waals surface area contributed by atoms with E-state index in [2.05, 4.69) is 5.32 Å². The van der Waals surface area contributed by atoms with Crippen molar-refractivity contribution in [2.24, 2.45) is 0 Å². The number of halogens is 1. The monoisotopic (exact) mass is 237 g/mol. The maximum Gasteiger partial charge on any atom is 0.332 e. The number of benzene rings is 1. The molecule has 0 radical (unpaired) electrons. The number of imide groups is 1.